The number of nitrogen functional groups attached to an aromatic ring is 1. The Kier molecular flexibility index (Phi) is 1.76. The highest BCUT2D eigenvalue weighted by molar-refractivity contribution is 5.16. The van der Waals surface area contributed by atoms with Gasteiger partial charge in [-0.25, -0.2) is 4.98 Å². The predicted molar refractivity (Wildman–Crippen MR) is 32.7 cm³/mol. The van der Waals surface area contributed by atoms with E-state index < -0.39 is 12.7 Å². The fourth-order valence-corrected chi connectivity index (χ4v) is 0.668. The first-order valence-electron chi connectivity index (χ1n) is 2.82. The monoisotopic (exact) mass is 165 g/mol. The molecule has 62 valence electrons. The Morgan fingerprint density at radius 2 is 2.18 bits per heavy atom. The van der Waals surface area contributed by atoms with Crippen LogP contribution in [0.15, 0.2) is 12.4 Å². The Labute approximate surface area is 60.6 Å². The van der Waals surface area contributed by atoms with Crippen LogP contribution in [0.3, 0.4) is 0 Å². The summed E-state index contributed by atoms with van der Waals surface area (Å²) in [5.41, 5.74) is 5.10. The molecule has 0 amide bonds. The highest BCUT2D eigenvalue weighted by Gasteiger charge is 2.28. The van der Waals surface area contributed by atoms with Crippen molar-refractivity contribution < 1.29 is 13.2 Å². The van der Waals surface area contributed by atoms with Crippen LogP contribution >= 0.6 is 0 Å². The number of alkyl halides is 3. The van der Waals surface area contributed by atoms with Gasteiger partial charge in [0.1, 0.15) is 6.54 Å². The van der Waals surface area contributed by atoms with E-state index in [-0.39, 0.29) is 5.95 Å². The molecule has 0 saturated carbocycles. The third-order valence-electron chi connectivity index (χ3n) is 1.10. The molecule has 1 heterocycles. The molecule has 1 aromatic heterocycles. The van der Waals surface area contributed by atoms with Gasteiger partial charge in [0.15, 0.2) is 5.95 Å². The van der Waals surface area contributed by atoms with Crippen LogP contribution in [0.2, 0.25) is 0 Å². The summed E-state index contributed by atoms with van der Waals surface area (Å²) in [4.78, 5) is 3.44. The second kappa shape index (κ2) is 2.44. The number of anilines is 1. The van der Waals surface area contributed by atoms with Crippen LogP contribution in [0.4, 0.5) is 19.1 Å². The molecule has 0 saturated heterocycles. The van der Waals surface area contributed by atoms with E-state index in [1.165, 1.54) is 12.4 Å². The molecule has 6 heteroatoms. The molecule has 0 spiro atoms. The summed E-state index contributed by atoms with van der Waals surface area (Å²) < 4.78 is 35.9. The minimum absolute atomic E-state index is 0.123. The molecule has 0 aliphatic carbocycles. The van der Waals surface area contributed by atoms with Gasteiger partial charge in [0, 0.05) is 12.4 Å². The van der Waals surface area contributed by atoms with Crippen LogP contribution in [0.5, 0.6) is 0 Å². The van der Waals surface area contributed by atoms with E-state index in [2.05, 4.69) is 4.98 Å². The van der Waals surface area contributed by atoms with E-state index in [1.54, 1.807) is 0 Å². The number of nitrogens with two attached hydrogens (primary N) is 1. The first-order chi connectivity index (χ1) is 4.99. The Bertz CT molecular complexity index is 239. The lowest BCUT2D eigenvalue weighted by Crippen LogP contribution is -2.18. The lowest BCUT2D eigenvalue weighted by Gasteiger charge is -2.07. The number of aromatic nitrogens is 2. The van der Waals surface area contributed by atoms with Crippen LogP contribution in [0.25, 0.3) is 0 Å². The fraction of sp³-hybridized carbons (Fsp3) is 0.400. The van der Waals surface area contributed by atoms with Crippen LogP contribution in [0, 0.1) is 0 Å². The second-order valence-electron chi connectivity index (χ2n) is 2.03. The minimum atomic E-state index is -4.24. The fourth-order valence-electron chi connectivity index (χ4n) is 0.668. The molecule has 2 N–H and O–H groups in total. The first kappa shape index (κ1) is 7.90. The maximum atomic E-state index is 11.7. The summed E-state index contributed by atoms with van der Waals surface area (Å²) >= 11 is 0. The van der Waals surface area contributed by atoms with Gasteiger partial charge in [-0.15, -0.1) is 0 Å². The molecule has 3 nitrogen and oxygen atoms in total. The Morgan fingerprint density at radius 3 is 2.55 bits per heavy atom. The SMILES string of the molecule is Nc1nccn1CC(F)(F)F. The van der Waals surface area contributed by atoms with Crippen molar-refractivity contribution in [3.05, 3.63) is 12.4 Å². The first-order valence-corrected chi connectivity index (χ1v) is 2.82. The zero-order valence-corrected chi connectivity index (χ0v) is 5.47. The van der Waals surface area contributed by atoms with Gasteiger partial charge in [-0.1, -0.05) is 0 Å². The summed E-state index contributed by atoms with van der Waals surface area (Å²) in [5, 5.41) is 0. The summed E-state index contributed by atoms with van der Waals surface area (Å²) in [6.45, 7) is -1.08. The third kappa shape index (κ3) is 2.14. The minimum Gasteiger partial charge on any atom is -0.369 e. The number of hydrogen-bond donors (Lipinski definition) is 1. The van der Waals surface area contributed by atoms with Crippen molar-refractivity contribution in [3.63, 3.8) is 0 Å². The van der Waals surface area contributed by atoms with Gasteiger partial charge < -0.3 is 10.3 Å². The molecule has 0 radical (unpaired) electrons. The Hall–Kier alpha value is -1.20. The van der Waals surface area contributed by atoms with Crippen molar-refractivity contribution in [2.24, 2.45) is 0 Å². The maximum Gasteiger partial charge on any atom is 0.406 e. The van der Waals surface area contributed by atoms with Crippen LogP contribution in [0.1, 0.15) is 0 Å². The number of rotatable bonds is 1. The van der Waals surface area contributed by atoms with Crippen molar-refractivity contribution in [1.29, 1.82) is 0 Å². The van der Waals surface area contributed by atoms with Gasteiger partial charge in [-0.3, -0.25) is 0 Å². The highest BCUT2D eigenvalue weighted by atomic mass is 19.4. The molecule has 0 aliphatic rings. The smallest absolute Gasteiger partial charge is 0.369 e. The number of nitrogens with zero attached hydrogens (tertiary/aromatic N) is 2. The summed E-state index contributed by atoms with van der Waals surface area (Å²) in [7, 11) is 0. The summed E-state index contributed by atoms with van der Waals surface area (Å²) in [5.74, 6) is -0.123. The number of imidazole rings is 1. The molecule has 0 atom stereocenters. The van der Waals surface area contributed by atoms with Gasteiger partial charge in [0.05, 0.1) is 0 Å². The number of hydrogen-bond acceptors (Lipinski definition) is 2. The van der Waals surface area contributed by atoms with Crippen molar-refractivity contribution in [3.8, 4) is 0 Å². The van der Waals surface area contributed by atoms with E-state index in [4.69, 9.17) is 5.73 Å². The van der Waals surface area contributed by atoms with Crippen molar-refractivity contribution in [1.82, 2.24) is 9.55 Å². The van der Waals surface area contributed by atoms with E-state index in [0.717, 1.165) is 4.57 Å². The zero-order chi connectivity index (χ0) is 8.48. The average Bonchev–Trinajstić information content (AvgIpc) is 2.12. The van der Waals surface area contributed by atoms with Gasteiger partial charge in [0.2, 0.25) is 0 Å². The zero-order valence-electron chi connectivity index (χ0n) is 5.47. The summed E-state index contributed by atoms with van der Waals surface area (Å²) in [6.07, 6.45) is -1.83. The lowest BCUT2D eigenvalue weighted by atomic mass is 10.6. The largest absolute Gasteiger partial charge is 0.406 e. The molecule has 1 aromatic rings. The quantitative estimate of drug-likeness (QED) is 0.675. The van der Waals surface area contributed by atoms with Gasteiger partial charge in [-0.05, 0) is 0 Å². The van der Waals surface area contributed by atoms with Gasteiger partial charge in [0.25, 0.3) is 0 Å². The normalized spacial score (nSPS) is 11.9. The molecule has 1 rings (SSSR count). The van der Waals surface area contributed by atoms with E-state index in [0.29, 0.717) is 0 Å². The molecule has 0 aromatic carbocycles. The van der Waals surface area contributed by atoms with E-state index in [1.807, 2.05) is 0 Å². The highest BCUT2D eigenvalue weighted by Crippen LogP contribution is 2.18. The van der Waals surface area contributed by atoms with Crippen molar-refractivity contribution >= 4 is 5.95 Å². The Balaban J connectivity index is 2.72. The van der Waals surface area contributed by atoms with E-state index in [9.17, 15) is 13.2 Å². The van der Waals surface area contributed by atoms with Gasteiger partial charge in [-0.2, -0.15) is 13.2 Å². The topological polar surface area (TPSA) is 43.8 Å². The molecule has 11 heavy (non-hydrogen) atoms. The maximum absolute atomic E-state index is 11.7. The van der Waals surface area contributed by atoms with Crippen LogP contribution in [-0.4, -0.2) is 15.7 Å². The van der Waals surface area contributed by atoms with Crippen LogP contribution in [-0.2, 0) is 6.54 Å². The molecule has 0 fully saturated rings. The number of halogens is 3. The van der Waals surface area contributed by atoms with E-state index >= 15 is 0 Å². The molecule has 0 unspecified atom stereocenters. The molecular weight excluding hydrogens is 159 g/mol. The van der Waals surface area contributed by atoms with Gasteiger partial charge >= 0.3 is 6.18 Å². The molecule has 0 bridgehead atoms. The third-order valence-corrected chi connectivity index (χ3v) is 1.10. The lowest BCUT2D eigenvalue weighted by molar-refractivity contribution is -0.140. The molecule has 0 aliphatic heterocycles. The average molecular weight is 165 g/mol. The Morgan fingerprint density at radius 1 is 1.55 bits per heavy atom. The van der Waals surface area contributed by atoms with Crippen molar-refractivity contribution in [2.75, 3.05) is 5.73 Å². The van der Waals surface area contributed by atoms with Crippen molar-refractivity contribution in [2.45, 2.75) is 12.7 Å². The standard InChI is InChI=1S/C5H6F3N3/c6-5(7,8)3-11-2-1-10-4(11)9/h1-2H,3H2,(H2,9,10). The summed E-state index contributed by atoms with van der Waals surface area (Å²) in [6, 6.07) is 0. The molecular formula is C5H6F3N3. The second-order valence-corrected chi connectivity index (χ2v) is 2.03. The predicted octanol–water partition coefficient (Wildman–Crippen LogP) is 1.03. The van der Waals surface area contributed by atoms with Crippen LogP contribution < -0.4 is 5.73 Å².